The third-order valence-electron chi connectivity index (χ3n) is 0.782. The molecule has 0 saturated heterocycles. The molecular weight excluding hydrogens is 350 g/mol. The second kappa shape index (κ2) is 57.9. The number of carboxylic acid groups (broad SMARTS) is 2. The Labute approximate surface area is 167 Å². The Balaban J connectivity index is -0.00000000614. The van der Waals surface area contributed by atoms with Crippen LogP contribution in [0.25, 0.3) is 0 Å². The van der Waals surface area contributed by atoms with Gasteiger partial charge in [0.05, 0.1) is 11.9 Å². The van der Waals surface area contributed by atoms with E-state index in [-0.39, 0.29) is 114 Å². The monoisotopic (exact) mass is 374 g/mol. The molecule has 0 rings (SSSR count). The van der Waals surface area contributed by atoms with E-state index in [2.05, 4.69) is 0 Å². The van der Waals surface area contributed by atoms with Gasteiger partial charge in [-0.1, -0.05) is 0 Å². The van der Waals surface area contributed by atoms with Crippen LogP contribution < -0.4 is 69.3 Å². The van der Waals surface area contributed by atoms with Gasteiger partial charge in [-0.25, -0.2) is 0 Å². The Morgan fingerprint density at radius 3 is 0.682 bits per heavy atom. The number of hydrogen-bond donors (Lipinski definition) is 2. The molecule has 0 fully saturated rings. The first-order chi connectivity index (χ1) is 4.46. The first-order valence-corrected chi connectivity index (χ1v) is 2.24. The summed E-state index contributed by atoms with van der Waals surface area (Å²) >= 11 is 0. The first-order valence-electron chi connectivity index (χ1n) is 2.24. The summed E-state index contributed by atoms with van der Waals surface area (Å²) in [5, 5.41) is 35.7. The van der Waals surface area contributed by atoms with Gasteiger partial charge in [0.15, 0.2) is 0 Å². The Morgan fingerprint density at radius 2 is 0.636 bits per heavy atom. The normalized spacial score (nSPS) is 7.18. The zero-order valence-corrected chi connectivity index (χ0v) is 15.7. The average Bonchev–Trinajstić information content (AvgIpc) is 1.84. The second-order valence-corrected chi connectivity index (χ2v) is 1.53. The molecule has 0 spiro atoms. The molecule has 0 aliphatic heterocycles. The molecule has 0 amide bonds. The fourth-order valence-electron chi connectivity index (χ4n) is 0.258. The summed E-state index contributed by atoms with van der Waals surface area (Å²) in [5.41, 5.74) is 0. The van der Waals surface area contributed by atoms with Crippen molar-refractivity contribution in [3.05, 3.63) is 0 Å². The number of aliphatic carboxylic acids is 2. The van der Waals surface area contributed by atoms with Crippen LogP contribution in [0.2, 0.25) is 0 Å². The maximum Gasteiger partial charge on any atom is 1.00 e. The van der Waals surface area contributed by atoms with E-state index in [1.807, 2.05) is 0 Å². The molecule has 0 aliphatic rings. The quantitative estimate of drug-likeness (QED) is 0.450. The van der Waals surface area contributed by atoms with Crippen molar-refractivity contribution in [2.45, 2.75) is 12.2 Å². The molecule has 0 aromatic carbocycles. The van der Waals surface area contributed by atoms with E-state index in [0.29, 0.717) is 0 Å². The summed E-state index contributed by atoms with van der Waals surface area (Å²) in [6.45, 7) is 0. The van der Waals surface area contributed by atoms with Crippen LogP contribution in [0.15, 0.2) is 0 Å². The van der Waals surface area contributed by atoms with Crippen LogP contribution in [-0.2, 0) is 9.59 Å². The average molecular weight is 374 g/mol. The second-order valence-electron chi connectivity index (χ2n) is 1.53. The van der Waals surface area contributed by atoms with Gasteiger partial charge in [-0.15, -0.1) is 0 Å². The molecule has 22 heavy (non-hydrogen) atoms. The van der Waals surface area contributed by atoms with Crippen LogP contribution in [0.1, 0.15) is 0 Å². The summed E-state index contributed by atoms with van der Waals surface area (Å²) in [6.07, 6.45) is -4.88. The molecule has 2 atom stereocenters. The van der Waals surface area contributed by atoms with Gasteiger partial charge in [-0.05, 0) is 0 Å². The van der Waals surface area contributed by atoms with Crippen molar-refractivity contribution in [1.29, 1.82) is 0 Å². The molecule has 0 aromatic heterocycles. The minimum absolute atomic E-state index is 0. The van der Waals surface area contributed by atoms with Crippen molar-refractivity contribution >= 4 is 11.9 Å². The maximum atomic E-state index is 9.63. The van der Waals surface area contributed by atoms with E-state index < -0.39 is 24.1 Å². The zero-order chi connectivity index (χ0) is 8.31. The van der Waals surface area contributed by atoms with E-state index in [1.54, 1.807) is 0 Å². The van der Waals surface area contributed by atoms with Crippen LogP contribution >= 0.6 is 0 Å². The number of hydrogen-bond acceptors (Lipinski definition) is 6. The van der Waals surface area contributed by atoms with Crippen LogP contribution in [0.5, 0.6) is 0 Å². The van der Waals surface area contributed by atoms with Crippen molar-refractivity contribution in [3.8, 4) is 0 Å². The van der Waals surface area contributed by atoms with E-state index in [0.717, 1.165) is 0 Å². The summed E-state index contributed by atoms with van der Waals surface area (Å²) in [5.74, 6) is -4.12. The Hall–Kier alpha value is 0.460. The largest absolute Gasteiger partial charge is 1.00 e. The molecule has 0 aliphatic carbocycles. The molecule has 22 N–H and O–H groups in total. The van der Waals surface area contributed by atoms with Gasteiger partial charge < -0.3 is 84.8 Å². The predicted molar refractivity (Wildman–Crippen MR) is 58.2 cm³/mol. The summed E-state index contributed by atoms with van der Waals surface area (Å²) in [4.78, 5) is 19.3. The van der Waals surface area contributed by atoms with Crippen LogP contribution in [0.3, 0.4) is 0 Å². The summed E-state index contributed by atoms with van der Waals surface area (Å²) in [6, 6.07) is 0. The van der Waals surface area contributed by atoms with Crippen molar-refractivity contribution in [2.24, 2.45) is 0 Å². The van der Waals surface area contributed by atoms with Crippen LogP contribution in [0.4, 0.5) is 0 Å². The van der Waals surface area contributed by atoms with Gasteiger partial charge in [-0.3, -0.25) is 0 Å². The maximum absolute atomic E-state index is 9.63. The standard InChI is InChI=1S/C4H6O6.2Na.10H2O/c5-1(3(7)8)2(6)4(9)10;;;;;;;;;;;;/h1-2,5-6H,(H,7,8)(H,9,10);;;10*1H2/q;2*+1;;;;;;;;;;/p-2. The van der Waals surface area contributed by atoms with E-state index in [9.17, 15) is 19.8 Å². The fourth-order valence-corrected chi connectivity index (χ4v) is 0.258. The van der Waals surface area contributed by atoms with E-state index >= 15 is 0 Å². The number of aliphatic hydroxyl groups excluding tert-OH is 2. The van der Waals surface area contributed by atoms with Gasteiger partial charge in [0.1, 0.15) is 12.2 Å². The Kier molecular flexibility index (Phi) is 304. The number of carbonyl (C=O) groups excluding carboxylic acids is 2. The molecule has 16 nitrogen and oxygen atoms in total. The topological polar surface area (TPSA) is 436 Å². The molecule has 2 unspecified atom stereocenters. The SMILES string of the molecule is O.O.O.O.O.O.O.O.O.O.O=C([O-])C(O)C(O)C(=O)[O-].[Na+].[Na+]. The van der Waals surface area contributed by atoms with Gasteiger partial charge >= 0.3 is 59.1 Å². The van der Waals surface area contributed by atoms with Crippen molar-refractivity contribution in [3.63, 3.8) is 0 Å². The Bertz CT molecular complexity index is 148. The number of carboxylic acids is 2. The van der Waals surface area contributed by atoms with Crippen molar-refractivity contribution in [1.82, 2.24) is 0 Å². The number of carbonyl (C=O) groups is 2. The number of rotatable bonds is 3. The Morgan fingerprint density at radius 1 is 0.545 bits per heavy atom. The molecule has 0 saturated carbocycles. The van der Waals surface area contributed by atoms with Gasteiger partial charge in [0.25, 0.3) is 0 Å². The van der Waals surface area contributed by atoms with Gasteiger partial charge in [0, 0.05) is 0 Å². The summed E-state index contributed by atoms with van der Waals surface area (Å²) < 4.78 is 0. The molecule has 138 valence electrons. The predicted octanol–water partition coefficient (Wildman–Crippen LogP) is -19.0. The summed E-state index contributed by atoms with van der Waals surface area (Å²) in [7, 11) is 0. The van der Waals surface area contributed by atoms with Gasteiger partial charge in [-0.2, -0.15) is 0 Å². The minimum Gasteiger partial charge on any atom is -0.547 e. The molecule has 0 aromatic rings. The molecule has 18 heteroatoms. The number of aliphatic hydroxyl groups is 2. The van der Waals surface area contributed by atoms with Crippen LogP contribution in [0, 0.1) is 0 Å². The van der Waals surface area contributed by atoms with Crippen LogP contribution in [-0.4, -0.2) is 89.1 Å². The smallest absolute Gasteiger partial charge is 0.547 e. The third kappa shape index (κ3) is 49.9. The molecule has 0 radical (unpaired) electrons. The van der Waals surface area contributed by atoms with Crippen molar-refractivity contribution in [2.75, 3.05) is 0 Å². The minimum atomic E-state index is -2.44. The van der Waals surface area contributed by atoms with Crippen molar-refractivity contribution < 1.29 is 144 Å². The molecule has 0 bridgehead atoms. The molecule has 0 heterocycles. The first kappa shape index (κ1) is 116. The van der Waals surface area contributed by atoms with Gasteiger partial charge in [0.2, 0.25) is 0 Å². The zero-order valence-electron chi connectivity index (χ0n) is 11.7. The van der Waals surface area contributed by atoms with E-state index in [1.165, 1.54) is 0 Å². The van der Waals surface area contributed by atoms with E-state index in [4.69, 9.17) is 10.2 Å². The third-order valence-corrected chi connectivity index (χ3v) is 0.782. The molecular formula is C4H24Na2O16. The fraction of sp³-hybridized carbons (Fsp3) is 0.500.